The van der Waals surface area contributed by atoms with E-state index in [9.17, 15) is 4.79 Å². The van der Waals surface area contributed by atoms with Crippen LogP contribution in [0.4, 0.5) is 0 Å². The van der Waals surface area contributed by atoms with Crippen molar-refractivity contribution in [2.24, 2.45) is 40.9 Å². The Bertz CT molecular complexity index is 682. The summed E-state index contributed by atoms with van der Waals surface area (Å²) in [5.41, 5.74) is 2.02. The van der Waals surface area contributed by atoms with Crippen LogP contribution in [-0.2, 0) is 9.53 Å². The highest BCUT2D eigenvalue weighted by atomic mass is 16.5. The molecule has 4 fully saturated rings. The van der Waals surface area contributed by atoms with Crippen molar-refractivity contribution in [2.75, 3.05) is 6.61 Å². The van der Waals surface area contributed by atoms with Crippen LogP contribution in [-0.4, -0.2) is 18.0 Å². The van der Waals surface area contributed by atoms with Crippen molar-refractivity contribution in [3.63, 3.8) is 0 Å². The van der Waals surface area contributed by atoms with Crippen molar-refractivity contribution in [1.82, 2.24) is 0 Å². The molecular weight excluding hydrogens is 308 g/mol. The van der Waals surface area contributed by atoms with Gasteiger partial charge in [-0.15, -0.1) is 0 Å². The molecule has 3 saturated carbocycles. The van der Waals surface area contributed by atoms with E-state index in [1.165, 1.54) is 44.1 Å². The predicted octanol–water partition coefficient (Wildman–Crippen LogP) is 4.70. The first-order chi connectivity index (χ1) is 12.2. The van der Waals surface area contributed by atoms with Gasteiger partial charge in [0.2, 0.25) is 0 Å². The molecule has 1 aliphatic heterocycles. The van der Waals surface area contributed by atoms with Crippen LogP contribution >= 0.6 is 0 Å². The molecule has 0 aromatic carbocycles. The first-order valence-corrected chi connectivity index (χ1v) is 10.8. The Kier molecular flexibility index (Phi) is 2.97. The van der Waals surface area contributed by atoms with Gasteiger partial charge in [0.05, 0.1) is 5.60 Å². The predicted molar refractivity (Wildman–Crippen MR) is 96.9 cm³/mol. The van der Waals surface area contributed by atoms with Crippen LogP contribution in [0.15, 0.2) is 23.8 Å². The maximum absolute atomic E-state index is 11.9. The summed E-state index contributed by atoms with van der Waals surface area (Å²) in [4.78, 5) is 11.9. The Labute approximate surface area is 151 Å². The van der Waals surface area contributed by atoms with E-state index in [-0.39, 0.29) is 5.60 Å². The zero-order valence-corrected chi connectivity index (χ0v) is 15.4. The average molecular weight is 338 g/mol. The Morgan fingerprint density at radius 1 is 1.24 bits per heavy atom. The van der Waals surface area contributed by atoms with Gasteiger partial charge in [-0.2, -0.15) is 0 Å². The van der Waals surface area contributed by atoms with E-state index in [0.717, 1.165) is 49.0 Å². The fraction of sp³-hybridized carbons (Fsp3) is 0.783. The second-order valence-electron chi connectivity index (χ2n) is 9.78. The van der Waals surface area contributed by atoms with Gasteiger partial charge in [-0.05, 0) is 92.1 Å². The van der Waals surface area contributed by atoms with Crippen LogP contribution in [0.3, 0.4) is 0 Å². The molecule has 6 rings (SSSR count). The number of ether oxygens (including phenoxy) is 1. The second-order valence-corrected chi connectivity index (χ2v) is 9.78. The lowest BCUT2D eigenvalue weighted by molar-refractivity contribution is -0.150. The lowest BCUT2D eigenvalue weighted by atomic mass is 9.49. The van der Waals surface area contributed by atoms with E-state index < -0.39 is 0 Å². The number of carbonyl (C=O) groups excluding carboxylic acids is 1. The largest absolute Gasteiger partial charge is 0.374 e. The average Bonchev–Trinajstić information content (AvgIpc) is 3.20. The SMILES string of the molecule is CC[C@]12CCC3C(C=CC4=CC(=O)CC[C@@H]43)C1C1CC1[C@@]21CCCO1. The molecule has 0 N–H and O–H groups in total. The van der Waals surface area contributed by atoms with Gasteiger partial charge in [-0.1, -0.05) is 19.1 Å². The summed E-state index contributed by atoms with van der Waals surface area (Å²) in [5.74, 6) is 5.14. The molecule has 5 unspecified atom stereocenters. The summed E-state index contributed by atoms with van der Waals surface area (Å²) in [7, 11) is 0. The van der Waals surface area contributed by atoms with Gasteiger partial charge in [0.1, 0.15) is 0 Å². The quantitative estimate of drug-likeness (QED) is 0.693. The standard InChI is InChI=1S/C23H30O2/c1-2-22-10-8-17-16-7-5-15(24)12-14(16)4-6-18(17)21(22)19-13-20(19)23(22)9-3-11-25-23/h4,6,12,16-21H,2-3,5,7-11,13H2,1H3/t16-,17?,18?,19?,20?,21?,22-,23-/m0/s1. The first kappa shape index (κ1) is 15.2. The molecule has 8 atom stereocenters. The Morgan fingerprint density at radius 3 is 2.96 bits per heavy atom. The normalized spacial score (nSPS) is 55.4. The van der Waals surface area contributed by atoms with E-state index in [1.54, 1.807) is 0 Å². The Hall–Kier alpha value is -0.890. The highest BCUT2D eigenvalue weighted by Crippen LogP contribution is 2.78. The van der Waals surface area contributed by atoms with Crippen molar-refractivity contribution in [3.05, 3.63) is 23.8 Å². The topological polar surface area (TPSA) is 26.3 Å². The van der Waals surface area contributed by atoms with E-state index in [4.69, 9.17) is 4.74 Å². The molecular formula is C23H30O2. The molecule has 6 aliphatic rings. The fourth-order valence-electron chi connectivity index (χ4n) is 8.60. The fourth-order valence-corrected chi connectivity index (χ4v) is 8.60. The zero-order chi connectivity index (χ0) is 16.8. The van der Waals surface area contributed by atoms with Gasteiger partial charge in [0.15, 0.2) is 5.78 Å². The molecule has 0 aromatic heterocycles. The van der Waals surface area contributed by atoms with Crippen molar-refractivity contribution in [1.29, 1.82) is 0 Å². The van der Waals surface area contributed by atoms with Crippen molar-refractivity contribution in [2.45, 2.75) is 63.9 Å². The molecule has 134 valence electrons. The van der Waals surface area contributed by atoms with E-state index in [2.05, 4.69) is 19.1 Å². The van der Waals surface area contributed by atoms with E-state index >= 15 is 0 Å². The van der Waals surface area contributed by atoms with Gasteiger partial charge < -0.3 is 4.74 Å². The number of fused-ring (bicyclic) bond motifs is 9. The zero-order valence-electron chi connectivity index (χ0n) is 15.4. The number of rotatable bonds is 1. The number of carbonyl (C=O) groups is 1. The summed E-state index contributed by atoms with van der Waals surface area (Å²) < 4.78 is 6.64. The Morgan fingerprint density at radius 2 is 2.16 bits per heavy atom. The minimum absolute atomic E-state index is 0.231. The second kappa shape index (κ2) is 4.88. The van der Waals surface area contributed by atoms with Crippen LogP contribution in [0, 0.1) is 40.9 Å². The molecule has 5 aliphatic carbocycles. The summed E-state index contributed by atoms with van der Waals surface area (Å²) in [6.07, 6.45) is 16.7. The minimum Gasteiger partial charge on any atom is -0.374 e. The molecule has 1 spiro atoms. The Balaban J connectivity index is 1.43. The monoisotopic (exact) mass is 338 g/mol. The van der Waals surface area contributed by atoms with Gasteiger partial charge in [-0.3, -0.25) is 4.79 Å². The van der Waals surface area contributed by atoms with Crippen molar-refractivity contribution >= 4 is 5.78 Å². The highest BCUT2D eigenvalue weighted by Gasteiger charge is 2.77. The summed E-state index contributed by atoms with van der Waals surface area (Å²) in [6, 6.07) is 0. The molecule has 2 heteroatoms. The number of hydrogen-bond acceptors (Lipinski definition) is 2. The number of allylic oxidation sites excluding steroid dienone is 4. The smallest absolute Gasteiger partial charge is 0.155 e. The lowest BCUT2D eigenvalue weighted by Gasteiger charge is -2.57. The molecule has 2 nitrogen and oxygen atoms in total. The number of ketones is 1. The molecule has 25 heavy (non-hydrogen) atoms. The third-order valence-corrected chi connectivity index (χ3v) is 9.38. The van der Waals surface area contributed by atoms with Gasteiger partial charge in [-0.25, -0.2) is 0 Å². The van der Waals surface area contributed by atoms with Crippen LogP contribution in [0.1, 0.15) is 58.3 Å². The molecule has 1 saturated heterocycles. The van der Waals surface area contributed by atoms with Crippen molar-refractivity contribution < 1.29 is 9.53 Å². The molecule has 0 aromatic rings. The molecule has 0 amide bonds. The summed E-state index contributed by atoms with van der Waals surface area (Å²) >= 11 is 0. The third kappa shape index (κ3) is 1.69. The third-order valence-electron chi connectivity index (χ3n) is 9.38. The van der Waals surface area contributed by atoms with E-state index in [0.29, 0.717) is 17.1 Å². The molecule has 0 radical (unpaired) electrons. The first-order valence-electron chi connectivity index (χ1n) is 10.8. The summed E-state index contributed by atoms with van der Waals surface area (Å²) in [6.45, 7) is 3.44. The van der Waals surface area contributed by atoms with Gasteiger partial charge in [0, 0.05) is 18.4 Å². The maximum Gasteiger partial charge on any atom is 0.155 e. The van der Waals surface area contributed by atoms with Crippen LogP contribution in [0.2, 0.25) is 0 Å². The summed E-state index contributed by atoms with van der Waals surface area (Å²) in [5, 5.41) is 0. The maximum atomic E-state index is 11.9. The van der Waals surface area contributed by atoms with Gasteiger partial charge >= 0.3 is 0 Å². The molecule has 0 bridgehead atoms. The lowest BCUT2D eigenvalue weighted by Crippen LogP contribution is -2.55. The van der Waals surface area contributed by atoms with Gasteiger partial charge in [0.25, 0.3) is 0 Å². The minimum atomic E-state index is 0.231. The van der Waals surface area contributed by atoms with Crippen molar-refractivity contribution in [3.8, 4) is 0 Å². The molecule has 1 heterocycles. The van der Waals surface area contributed by atoms with Crippen LogP contribution in [0.25, 0.3) is 0 Å². The van der Waals surface area contributed by atoms with Crippen LogP contribution in [0.5, 0.6) is 0 Å². The highest BCUT2D eigenvalue weighted by molar-refractivity contribution is 5.91. The van der Waals surface area contributed by atoms with Crippen LogP contribution < -0.4 is 0 Å². The number of hydrogen-bond donors (Lipinski definition) is 0. The van der Waals surface area contributed by atoms with E-state index in [1.807, 2.05) is 6.08 Å².